The van der Waals surface area contributed by atoms with E-state index in [1.807, 2.05) is 18.2 Å². The van der Waals surface area contributed by atoms with E-state index in [0.29, 0.717) is 0 Å². The highest BCUT2D eigenvalue weighted by Gasteiger charge is 2.25. The standard InChI is InChI=1S/C20H25NO/c1-16(2)14-15-20(3,21-18-8-6-5-7-9-18)17-10-12-19(22-4)13-11-17/h5-14,21H,15H2,1-4H3. The molecule has 22 heavy (non-hydrogen) atoms. The molecule has 2 aromatic rings. The van der Waals surface area contributed by atoms with Crippen LogP contribution in [-0.2, 0) is 5.54 Å². The molecule has 0 aliphatic rings. The zero-order valence-corrected chi connectivity index (χ0v) is 13.9. The van der Waals surface area contributed by atoms with Crippen LogP contribution in [0.3, 0.4) is 0 Å². The van der Waals surface area contributed by atoms with Gasteiger partial charge in [0.05, 0.1) is 12.6 Å². The predicted octanol–water partition coefficient (Wildman–Crippen LogP) is 5.38. The van der Waals surface area contributed by atoms with E-state index in [0.717, 1.165) is 17.9 Å². The minimum atomic E-state index is -0.162. The fourth-order valence-electron chi connectivity index (χ4n) is 2.45. The van der Waals surface area contributed by atoms with Crippen molar-refractivity contribution in [2.45, 2.75) is 32.7 Å². The number of anilines is 1. The van der Waals surface area contributed by atoms with Gasteiger partial charge in [0.1, 0.15) is 5.75 Å². The summed E-state index contributed by atoms with van der Waals surface area (Å²) >= 11 is 0. The van der Waals surface area contributed by atoms with E-state index in [4.69, 9.17) is 4.74 Å². The number of hydrogen-bond donors (Lipinski definition) is 1. The third-order valence-corrected chi connectivity index (χ3v) is 3.84. The molecule has 1 unspecified atom stereocenters. The molecule has 2 heteroatoms. The summed E-state index contributed by atoms with van der Waals surface area (Å²) in [5.74, 6) is 0.882. The average molecular weight is 295 g/mol. The summed E-state index contributed by atoms with van der Waals surface area (Å²) in [6.07, 6.45) is 3.21. The number of allylic oxidation sites excluding steroid dienone is 1. The Morgan fingerprint density at radius 2 is 1.68 bits per heavy atom. The van der Waals surface area contributed by atoms with Gasteiger partial charge in [0, 0.05) is 5.69 Å². The summed E-state index contributed by atoms with van der Waals surface area (Å²) in [7, 11) is 1.69. The minimum absolute atomic E-state index is 0.162. The number of rotatable bonds is 6. The van der Waals surface area contributed by atoms with Crippen molar-refractivity contribution in [1.29, 1.82) is 0 Å². The first-order valence-electron chi connectivity index (χ1n) is 7.64. The molecule has 0 heterocycles. The zero-order valence-electron chi connectivity index (χ0n) is 13.9. The van der Waals surface area contributed by atoms with Crippen LogP contribution in [0.5, 0.6) is 5.75 Å². The van der Waals surface area contributed by atoms with Gasteiger partial charge in [-0.15, -0.1) is 0 Å². The second kappa shape index (κ2) is 7.17. The molecule has 2 rings (SSSR count). The van der Waals surface area contributed by atoms with E-state index < -0.39 is 0 Å². The number of ether oxygens (including phenoxy) is 1. The molecule has 116 valence electrons. The highest BCUT2D eigenvalue weighted by Crippen LogP contribution is 2.31. The summed E-state index contributed by atoms with van der Waals surface area (Å²) in [5, 5.41) is 3.68. The topological polar surface area (TPSA) is 21.3 Å². The molecule has 0 radical (unpaired) electrons. The van der Waals surface area contributed by atoms with Crippen LogP contribution in [0.2, 0.25) is 0 Å². The van der Waals surface area contributed by atoms with Crippen LogP contribution in [0.1, 0.15) is 32.8 Å². The minimum Gasteiger partial charge on any atom is -0.497 e. The van der Waals surface area contributed by atoms with E-state index in [9.17, 15) is 0 Å². The molecular formula is C20H25NO. The molecule has 1 N–H and O–H groups in total. The normalized spacial score (nSPS) is 13.1. The number of hydrogen-bond acceptors (Lipinski definition) is 2. The molecule has 2 aromatic carbocycles. The lowest BCUT2D eigenvalue weighted by Gasteiger charge is -2.32. The van der Waals surface area contributed by atoms with Crippen LogP contribution in [-0.4, -0.2) is 7.11 Å². The molecule has 0 bridgehead atoms. The van der Waals surface area contributed by atoms with Crippen LogP contribution >= 0.6 is 0 Å². The molecule has 0 spiro atoms. The molecule has 0 amide bonds. The van der Waals surface area contributed by atoms with Gasteiger partial charge in [-0.2, -0.15) is 0 Å². The summed E-state index contributed by atoms with van der Waals surface area (Å²) < 4.78 is 5.27. The fourth-order valence-corrected chi connectivity index (χ4v) is 2.45. The van der Waals surface area contributed by atoms with Crippen molar-refractivity contribution in [3.05, 3.63) is 71.8 Å². The molecule has 2 nitrogen and oxygen atoms in total. The smallest absolute Gasteiger partial charge is 0.118 e. The fraction of sp³-hybridized carbons (Fsp3) is 0.300. The SMILES string of the molecule is COc1ccc(C(C)(CC=C(C)C)Nc2ccccc2)cc1. The van der Waals surface area contributed by atoms with Gasteiger partial charge in [-0.3, -0.25) is 0 Å². The maximum Gasteiger partial charge on any atom is 0.118 e. The van der Waals surface area contributed by atoms with Crippen molar-refractivity contribution in [2.75, 3.05) is 12.4 Å². The number of benzene rings is 2. The first kappa shape index (κ1) is 16.2. The highest BCUT2D eigenvalue weighted by atomic mass is 16.5. The zero-order chi connectivity index (χ0) is 16.0. The van der Waals surface area contributed by atoms with Crippen molar-refractivity contribution in [3.8, 4) is 5.75 Å². The van der Waals surface area contributed by atoms with Crippen LogP contribution in [0.25, 0.3) is 0 Å². The van der Waals surface area contributed by atoms with Gasteiger partial charge in [-0.05, 0) is 57.0 Å². The van der Waals surface area contributed by atoms with E-state index in [1.165, 1.54) is 11.1 Å². The lowest BCUT2D eigenvalue weighted by atomic mass is 9.87. The Hall–Kier alpha value is -2.22. The third kappa shape index (κ3) is 4.14. The maximum atomic E-state index is 5.27. The molecule has 1 atom stereocenters. The summed E-state index contributed by atoms with van der Waals surface area (Å²) in [5.41, 5.74) is 3.54. The molecule has 0 fully saturated rings. The molecule has 0 aliphatic carbocycles. The summed E-state index contributed by atoms with van der Waals surface area (Å²) in [6.45, 7) is 6.51. The van der Waals surface area contributed by atoms with Gasteiger partial charge in [-0.25, -0.2) is 0 Å². The van der Waals surface area contributed by atoms with Crippen molar-refractivity contribution in [1.82, 2.24) is 0 Å². The van der Waals surface area contributed by atoms with Gasteiger partial charge >= 0.3 is 0 Å². The number of para-hydroxylation sites is 1. The Morgan fingerprint density at radius 3 is 2.23 bits per heavy atom. The Morgan fingerprint density at radius 1 is 1.05 bits per heavy atom. The highest BCUT2D eigenvalue weighted by molar-refractivity contribution is 5.48. The first-order valence-corrected chi connectivity index (χ1v) is 7.64. The Kier molecular flexibility index (Phi) is 5.26. The molecule has 0 aliphatic heterocycles. The number of methoxy groups -OCH3 is 1. The lowest BCUT2D eigenvalue weighted by Crippen LogP contribution is -2.31. The van der Waals surface area contributed by atoms with Crippen LogP contribution in [0.4, 0.5) is 5.69 Å². The summed E-state index contributed by atoms with van der Waals surface area (Å²) in [6, 6.07) is 18.6. The van der Waals surface area contributed by atoms with Crippen LogP contribution in [0.15, 0.2) is 66.2 Å². The van der Waals surface area contributed by atoms with Crippen molar-refractivity contribution in [3.63, 3.8) is 0 Å². The van der Waals surface area contributed by atoms with E-state index in [1.54, 1.807) is 7.11 Å². The maximum absolute atomic E-state index is 5.27. The van der Waals surface area contributed by atoms with Gasteiger partial charge < -0.3 is 10.1 Å². The second-order valence-corrected chi connectivity index (χ2v) is 6.04. The van der Waals surface area contributed by atoms with Gasteiger partial charge in [0.25, 0.3) is 0 Å². The van der Waals surface area contributed by atoms with E-state index in [-0.39, 0.29) is 5.54 Å². The summed E-state index contributed by atoms with van der Waals surface area (Å²) in [4.78, 5) is 0. The third-order valence-electron chi connectivity index (χ3n) is 3.84. The van der Waals surface area contributed by atoms with Gasteiger partial charge in [0.15, 0.2) is 0 Å². The first-order chi connectivity index (χ1) is 10.5. The van der Waals surface area contributed by atoms with Crippen molar-refractivity contribution >= 4 is 5.69 Å². The lowest BCUT2D eigenvalue weighted by molar-refractivity contribution is 0.414. The van der Waals surface area contributed by atoms with E-state index in [2.05, 4.69) is 68.6 Å². The monoisotopic (exact) mass is 295 g/mol. The molecule has 0 saturated carbocycles. The van der Waals surface area contributed by atoms with E-state index >= 15 is 0 Å². The van der Waals surface area contributed by atoms with Crippen LogP contribution < -0.4 is 10.1 Å². The van der Waals surface area contributed by atoms with Gasteiger partial charge in [-0.1, -0.05) is 42.0 Å². The Bertz CT molecular complexity index is 612. The largest absolute Gasteiger partial charge is 0.497 e. The number of nitrogens with one attached hydrogen (secondary N) is 1. The predicted molar refractivity (Wildman–Crippen MR) is 94.5 cm³/mol. The molecular weight excluding hydrogens is 270 g/mol. The molecule has 0 aromatic heterocycles. The molecule has 0 saturated heterocycles. The van der Waals surface area contributed by atoms with Crippen molar-refractivity contribution < 1.29 is 4.74 Å². The van der Waals surface area contributed by atoms with Crippen molar-refractivity contribution in [2.24, 2.45) is 0 Å². The van der Waals surface area contributed by atoms with Gasteiger partial charge in [0.2, 0.25) is 0 Å². The quantitative estimate of drug-likeness (QED) is 0.722. The Labute approximate surface area is 133 Å². The second-order valence-electron chi connectivity index (χ2n) is 6.04. The Balaban J connectivity index is 2.33. The van der Waals surface area contributed by atoms with Crippen LogP contribution in [0, 0.1) is 0 Å². The average Bonchev–Trinajstić information content (AvgIpc) is 2.54.